The smallest absolute Gasteiger partial charge is 0.254 e. The fourth-order valence-electron chi connectivity index (χ4n) is 2.89. The van der Waals surface area contributed by atoms with E-state index in [0.717, 1.165) is 36.0 Å². The van der Waals surface area contributed by atoms with Gasteiger partial charge in [-0.1, -0.05) is 12.1 Å². The van der Waals surface area contributed by atoms with Crippen molar-refractivity contribution in [3.8, 4) is 0 Å². The van der Waals surface area contributed by atoms with Crippen LogP contribution in [0.5, 0.6) is 0 Å². The molecule has 1 aromatic carbocycles. The van der Waals surface area contributed by atoms with Gasteiger partial charge in [0.05, 0.1) is 29.5 Å². The number of nitrogens with zero attached hydrogens (tertiary/aromatic N) is 3. The molecule has 116 valence electrons. The van der Waals surface area contributed by atoms with Crippen LogP contribution in [0.2, 0.25) is 0 Å². The molecule has 3 rings (SSSR count). The van der Waals surface area contributed by atoms with Gasteiger partial charge < -0.3 is 9.64 Å². The van der Waals surface area contributed by atoms with Gasteiger partial charge >= 0.3 is 0 Å². The Hall–Kier alpha value is -2.01. The number of amides is 1. The van der Waals surface area contributed by atoms with Gasteiger partial charge in [-0.2, -0.15) is 0 Å². The Labute approximate surface area is 130 Å². The average Bonchev–Trinajstić information content (AvgIpc) is 2.54. The van der Waals surface area contributed by atoms with E-state index in [1.807, 2.05) is 31.2 Å². The summed E-state index contributed by atoms with van der Waals surface area (Å²) >= 11 is 0. The van der Waals surface area contributed by atoms with Crippen molar-refractivity contribution >= 4 is 16.9 Å². The number of aromatic nitrogens is 2. The number of carbonyl (C=O) groups excluding carboxylic acids is 1. The molecule has 0 N–H and O–H groups in total. The molecule has 0 spiro atoms. The molecule has 1 atom stereocenters. The maximum Gasteiger partial charge on any atom is 0.254 e. The van der Waals surface area contributed by atoms with Gasteiger partial charge in [-0.15, -0.1) is 0 Å². The van der Waals surface area contributed by atoms with Gasteiger partial charge in [-0.05, 0) is 38.3 Å². The van der Waals surface area contributed by atoms with Gasteiger partial charge in [-0.25, -0.2) is 4.98 Å². The molecular weight excluding hydrogens is 278 g/mol. The summed E-state index contributed by atoms with van der Waals surface area (Å²) in [4.78, 5) is 23.3. The largest absolute Gasteiger partial charge is 0.365 e. The quantitative estimate of drug-likeness (QED) is 0.874. The Morgan fingerprint density at radius 2 is 2.09 bits per heavy atom. The normalized spacial score (nSPS) is 21.7. The minimum Gasteiger partial charge on any atom is -0.365 e. The minimum atomic E-state index is -0.697. The third-order valence-corrected chi connectivity index (χ3v) is 4.17. The van der Waals surface area contributed by atoms with E-state index in [1.54, 1.807) is 18.1 Å². The third-order valence-electron chi connectivity index (χ3n) is 4.17. The van der Waals surface area contributed by atoms with Gasteiger partial charge in [0.1, 0.15) is 5.60 Å². The molecule has 0 aliphatic carbocycles. The highest BCUT2D eigenvalue weighted by Crippen LogP contribution is 2.26. The van der Waals surface area contributed by atoms with E-state index >= 15 is 0 Å². The van der Waals surface area contributed by atoms with Crippen LogP contribution in [-0.4, -0.2) is 40.0 Å². The molecule has 1 aliphatic heterocycles. The first-order valence-electron chi connectivity index (χ1n) is 7.69. The first-order valence-corrected chi connectivity index (χ1v) is 7.69. The van der Waals surface area contributed by atoms with Crippen molar-refractivity contribution in [2.24, 2.45) is 0 Å². The second kappa shape index (κ2) is 6.01. The van der Waals surface area contributed by atoms with Crippen LogP contribution in [0.1, 0.15) is 31.9 Å². The zero-order valence-electron chi connectivity index (χ0n) is 13.1. The molecule has 5 nitrogen and oxygen atoms in total. The highest BCUT2D eigenvalue weighted by Gasteiger charge is 2.38. The van der Waals surface area contributed by atoms with Crippen molar-refractivity contribution in [1.82, 2.24) is 14.9 Å². The average molecular weight is 299 g/mol. The number of carbonyl (C=O) groups is 1. The number of benzene rings is 1. The molecule has 1 fully saturated rings. The topological polar surface area (TPSA) is 55.3 Å². The lowest BCUT2D eigenvalue weighted by Gasteiger charge is -2.35. The fourth-order valence-corrected chi connectivity index (χ4v) is 2.89. The lowest BCUT2D eigenvalue weighted by atomic mass is 9.94. The van der Waals surface area contributed by atoms with E-state index in [0.29, 0.717) is 13.2 Å². The second-order valence-electron chi connectivity index (χ2n) is 6.05. The van der Waals surface area contributed by atoms with Gasteiger partial charge in [-0.3, -0.25) is 9.78 Å². The number of rotatable bonds is 3. The first kappa shape index (κ1) is 14.9. The Bertz CT molecular complexity index is 680. The first-order chi connectivity index (χ1) is 10.6. The predicted molar refractivity (Wildman–Crippen MR) is 84.2 cm³/mol. The van der Waals surface area contributed by atoms with Crippen LogP contribution in [0.25, 0.3) is 11.0 Å². The summed E-state index contributed by atoms with van der Waals surface area (Å²) in [6, 6.07) is 7.73. The lowest BCUT2D eigenvalue weighted by Crippen LogP contribution is -2.48. The molecule has 5 heteroatoms. The maximum absolute atomic E-state index is 12.6. The molecule has 1 aromatic heterocycles. The van der Waals surface area contributed by atoms with E-state index < -0.39 is 5.60 Å². The number of para-hydroxylation sites is 2. The number of ether oxygens (including phenoxy) is 1. The van der Waals surface area contributed by atoms with Gasteiger partial charge in [0.2, 0.25) is 0 Å². The second-order valence-corrected chi connectivity index (χ2v) is 6.05. The molecular formula is C17H21N3O2. The van der Waals surface area contributed by atoms with Crippen molar-refractivity contribution < 1.29 is 9.53 Å². The van der Waals surface area contributed by atoms with Crippen LogP contribution in [0, 0.1) is 0 Å². The van der Waals surface area contributed by atoms with E-state index in [9.17, 15) is 4.79 Å². The number of fused-ring (bicyclic) bond motifs is 1. The molecule has 2 aromatic rings. The molecule has 2 heterocycles. The van der Waals surface area contributed by atoms with Crippen LogP contribution in [0.3, 0.4) is 0 Å². The SMILES string of the molecule is CN(Cc1cnc2ccccc2n1)C(=O)[C@@]1(C)CCCCO1. The van der Waals surface area contributed by atoms with Crippen molar-refractivity contribution in [3.63, 3.8) is 0 Å². The summed E-state index contributed by atoms with van der Waals surface area (Å²) in [5, 5.41) is 0. The van der Waals surface area contributed by atoms with Crippen LogP contribution in [0.15, 0.2) is 30.5 Å². The van der Waals surface area contributed by atoms with Crippen molar-refractivity contribution in [3.05, 3.63) is 36.2 Å². The van der Waals surface area contributed by atoms with Crippen molar-refractivity contribution in [1.29, 1.82) is 0 Å². The molecule has 1 saturated heterocycles. The predicted octanol–water partition coefficient (Wildman–Crippen LogP) is 2.55. The minimum absolute atomic E-state index is 0.0159. The van der Waals surface area contributed by atoms with E-state index in [1.165, 1.54) is 0 Å². The molecule has 0 radical (unpaired) electrons. The van der Waals surface area contributed by atoms with Crippen LogP contribution < -0.4 is 0 Å². The molecule has 22 heavy (non-hydrogen) atoms. The van der Waals surface area contributed by atoms with Gasteiger partial charge in [0, 0.05) is 13.7 Å². The standard InChI is InChI=1S/C17H21N3O2/c1-17(9-5-6-10-22-17)16(21)20(2)12-13-11-18-14-7-3-4-8-15(14)19-13/h3-4,7-8,11H,5-6,9-10,12H2,1-2H3/t17-/m1/s1. The maximum atomic E-state index is 12.6. The van der Waals surface area contributed by atoms with E-state index in [4.69, 9.17) is 4.74 Å². The van der Waals surface area contributed by atoms with Crippen molar-refractivity contribution in [2.75, 3.05) is 13.7 Å². The Morgan fingerprint density at radius 1 is 1.32 bits per heavy atom. The van der Waals surface area contributed by atoms with Crippen LogP contribution in [-0.2, 0) is 16.1 Å². The fraction of sp³-hybridized carbons (Fsp3) is 0.471. The highest BCUT2D eigenvalue weighted by atomic mass is 16.5. The molecule has 1 aliphatic rings. The highest BCUT2D eigenvalue weighted by molar-refractivity contribution is 5.84. The van der Waals surface area contributed by atoms with Gasteiger partial charge in [0.25, 0.3) is 5.91 Å². The van der Waals surface area contributed by atoms with E-state index in [2.05, 4.69) is 9.97 Å². The van der Waals surface area contributed by atoms with Crippen LogP contribution in [0.4, 0.5) is 0 Å². The monoisotopic (exact) mass is 299 g/mol. The number of hydrogen-bond donors (Lipinski definition) is 0. The summed E-state index contributed by atoms with van der Waals surface area (Å²) in [6.45, 7) is 2.98. The summed E-state index contributed by atoms with van der Waals surface area (Å²) in [5.74, 6) is 0.0159. The number of likely N-dealkylation sites (N-methyl/N-ethyl adjacent to an activating group) is 1. The van der Waals surface area contributed by atoms with Crippen molar-refractivity contribution in [2.45, 2.75) is 38.3 Å². The summed E-state index contributed by atoms with van der Waals surface area (Å²) in [7, 11) is 1.79. The zero-order valence-corrected chi connectivity index (χ0v) is 13.1. The molecule has 0 saturated carbocycles. The molecule has 0 unspecified atom stereocenters. The summed E-state index contributed by atoms with van der Waals surface area (Å²) < 4.78 is 5.73. The van der Waals surface area contributed by atoms with Crippen LogP contribution >= 0.6 is 0 Å². The third kappa shape index (κ3) is 2.95. The lowest BCUT2D eigenvalue weighted by molar-refractivity contribution is -0.161. The Morgan fingerprint density at radius 3 is 2.82 bits per heavy atom. The van der Waals surface area contributed by atoms with Gasteiger partial charge in [0.15, 0.2) is 0 Å². The molecule has 0 bridgehead atoms. The Balaban J connectivity index is 1.74. The molecule has 1 amide bonds. The zero-order chi connectivity index (χ0) is 15.6. The van der Waals surface area contributed by atoms with E-state index in [-0.39, 0.29) is 5.91 Å². The Kier molecular flexibility index (Phi) is 4.07. The summed E-state index contributed by atoms with van der Waals surface area (Å²) in [6.07, 6.45) is 4.57. The summed E-state index contributed by atoms with van der Waals surface area (Å²) in [5.41, 5.74) is 1.80. The number of hydrogen-bond acceptors (Lipinski definition) is 4.